The lowest BCUT2D eigenvalue weighted by atomic mass is 9.55. The molecule has 0 radical (unpaired) electrons. The van der Waals surface area contributed by atoms with Gasteiger partial charge in [0, 0.05) is 18.4 Å². The van der Waals surface area contributed by atoms with E-state index >= 15 is 0 Å². The van der Waals surface area contributed by atoms with Gasteiger partial charge in [0.2, 0.25) is 11.3 Å². The fraction of sp³-hybridized carbons (Fsp3) is 0.441. The van der Waals surface area contributed by atoms with Crippen molar-refractivity contribution in [3.8, 4) is 0 Å². The molecule has 1 unspecified atom stereocenters. The third-order valence-electron chi connectivity index (χ3n) is 8.98. The number of nitrogens with zero attached hydrogens (tertiary/aromatic N) is 1. The number of carbonyl (C=O) groups excluding carboxylic acids is 3. The number of para-hydroxylation sites is 2. The van der Waals surface area contributed by atoms with E-state index in [2.05, 4.69) is 60.0 Å². The predicted octanol–water partition coefficient (Wildman–Crippen LogP) is 6.76. The van der Waals surface area contributed by atoms with Crippen LogP contribution in [0.5, 0.6) is 0 Å². The molecule has 0 aromatic heterocycles. The predicted molar refractivity (Wildman–Crippen MR) is 175 cm³/mol. The Balaban J connectivity index is 2.49. The number of hydrogen-bond donors (Lipinski definition) is 1. The molecule has 1 heterocycles. The van der Waals surface area contributed by atoms with Crippen molar-refractivity contribution in [3.05, 3.63) is 95.1 Å². The zero-order valence-electron chi connectivity index (χ0n) is 27.0. The van der Waals surface area contributed by atoms with Gasteiger partial charge in [0.25, 0.3) is 5.69 Å². The smallest absolute Gasteiger partial charge is 0.330 e. The lowest BCUT2D eigenvalue weighted by molar-refractivity contribution is -0.386. The molecule has 2 aromatic carbocycles. The average molecular weight is 637 g/mol. The summed E-state index contributed by atoms with van der Waals surface area (Å²) in [6.07, 6.45) is 2.43. The lowest BCUT2D eigenvalue weighted by Gasteiger charge is -2.45. The van der Waals surface area contributed by atoms with Gasteiger partial charge in [-0.3, -0.25) is 24.5 Å². The van der Waals surface area contributed by atoms with Crippen LogP contribution in [0.25, 0.3) is 0 Å². The van der Waals surface area contributed by atoms with Crippen molar-refractivity contribution in [2.24, 2.45) is 0 Å². The Morgan fingerprint density at radius 3 is 1.96 bits per heavy atom. The van der Waals surface area contributed by atoms with E-state index in [0.29, 0.717) is 11.3 Å². The largest absolute Gasteiger partial charge is 0.460 e. The summed E-state index contributed by atoms with van der Waals surface area (Å²) in [5.41, 5.74) is -4.35. The molecule has 0 saturated carbocycles. The average Bonchev–Trinajstić information content (AvgIpc) is 3.28. The Bertz CT molecular complexity index is 1410. The van der Waals surface area contributed by atoms with Crippen molar-refractivity contribution in [2.75, 3.05) is 25.1 Å². The summed E-state index contributed by atoms with van der Waals surface area (Å²) in [6.45, 7) is 19.3. The summed E-state index contributed by atoms with van der Waals surface area (Å²) >= 11 is 0. The summed E-state index contributed by atoms with van der Waals surface area (Å²) in [5.74, 6) is -3.07. The maximum atomic E-state index is 14.6. The van der Waals surface area contributed by atoms with Crippen molar-refractivity contribution < 1.29 is 33.2 Å². The molecule has 10 nitrogen and oxygen atoms in total. The molecule has 11 heteroatoms. The first kappa shape index (κ1) is 35.4. The van der Waals surface area contributed by atoms with Crippen LogP contribution in [-0.4, -0.2) is 50.9 Å². The van der Waals surface area contributed by atoms with Crippen molar-refractivity contribution in [2.45, 2.75) is 75.4 Å². The summed E-state index contributed by atoms with van der Waals surface area (Å²) in [7, 11) is -2.51. The van der Waals surface area contributed by atoms with E-state index in [1.807, 2.05) is 0 Å². The molecule has 1 amide bonds. The molecule has 0 aliphatic carbocycles. The van der Waals surface area contributed by atoms with Crippen LogP contribution >= 0.6 is 0 Å². The normalized spacial score (nSPS) is 16.3. The van der Waals surface area contributed by atoms with Gasteiger partial charge in [0.15, 0.2) is 8.32 Å². The van der Waals surface area contributed by atoms with Crippen molar-refractivity contribution in [3.63, 3.8) is 0 Å². The first-order valence-electron chi connectivity index (χ1n) is 15.2. The molecule has 0 spiro atoms. The molecule has 0 bridgehead atoms. The molecular weight excluding hydrogens is 592 g/mol. The molecule has 1 aliphatic heterocycles. The highest BCUT2D eigenvalue weighted by molar-refractivity contribution is 6.77. The van der Waals surface area contributed by atoms with E-state index in [1.54, 1.807) is 24.3 Å². The van der Waals surface area contributed by atoms with Crippen LogP contribution in [0, 0.1) is 10.1 Å². The molecule has 1 aliphatic rings. The van der Waals surface area contributed by atoms with Crippen LogP contribution in [-0.2, 0) is 39.1 Å². The number of amides is 1. The Labute approximate surface area is 266 Å². The van der Waals surface area contributed by atoms with E-state index in [1.165, 1.54) is 36.4 Å². The molecule has 1 N–H and O–H groups in total. The fourth-order valence-electron chi connectivity index (χ4n) is 7.32. The number of esters is 2. The Kier molecular flexibility index (Phi) is 11.3. The lowest BCUT2D eigenvalue weighted by Crippen LogP contribution is -2.64. The highest BCUT2D eigenvalue weighted by Crippen LogP contribution is 2.56. The van der Waals surface area contributed by atoms with Crippen molar-refractivity contribution in [1.82, 2.24) is 0 Å². The number of carbonyl (C=O) groups is 3. The third kappa shape index (κ3) is 5.86. The van der Waals surface area contributed by atoms with E-state index in [4.69, 9.17) is 13.9 Å². The number of anilines is 1. The number of nitro groups is 1. The zero-order chi connectivity index (χ0) is 33.6. The Morgan fingerprint density at radius 2 is 1.44 bits per heavy atom. The maximum absolute atomic E-state index is 14.6. The molecule has 242 valence electrons. The fourth-order valence-corrected chi connectivity index (χ4v) is 12.8. The molecule has 45 heavy (non-hydrogen) atoms. The number of ether oxygens (including phenoxy) is 2. The monoisotopic (exact) mass is 636 g/mol. The molecule has 0 saturated heterocycles. The van der Waals surface area contributed by atoms with Crippen LogP contribution in [0.3, 0.4) is 0 Å². The second-order valence-electron chi connectivity index (χ2n) is 12.1. The SMILES string of the molecule is C=CCOC(=O)C(C(=O)OCC=C)(c1ccccc1[N+](=O)[O-])C1(CCO[Si](C(C)C)(C(C)C)C(C)C)C(=O)Nc2ccccc21. The van der Waals surface area contributed by atoms with Crippen LogP contribution < -0.4 is 5.32 Å². The van der Waals surface area contributed by atoms with Crippen molar-refractivity contribution in [1.29, 1.82) is 0 Å². The van der Waals surface area contributed by atoms with E-state index in [0.717, 1.165) is 0 Å². The second kappa shape index (κ2) is 14.3. The van der Waals surface area contributed by atoms with Gasteiger partial charge in [-0.1, -0.05) is 103 Å². The van der Waals surface area contributed by atoms with Crippen LogP contribution in [0.2, 0.25) is 16.6 Å². The summed E-state index contributed by atoms with van der Waals surface area (Å²) in [4.78, 5) is 55.6. The topological polar surface area (TPSA) is 134 Å². The van der Waals surface area contributed by atoms with Gasteiger partial charge >= 0.3 is 11.9 Å². The Morgan fingerprint density at radius 1 is 0.933 bits per heavy atom. The first-order chi connectivity index (χ1) is 21.3. The van der Waals surface area contributed by atoms with Gasteiger partial charge in [0.05, 0.1) is 10.5 Å². The number of nitrogens with one attached hydrogen (secondary N) is 1. The highest BCUT2D eigenvalue weighted by atomic mass is 28.4. The standard InChI is InChI=1S/C34H44N2O8Si/c1-9-20-42-31(38)34(32(39)43-21-10-2,27-16-12-14-18-29(27)36(40)41)33(26-15-11-13-17-28(26)35-30(33)37)19-22-44-45(23(3)4,24(5)6)25(7)8/h9-18,23-25H,1-2,19-22H2,3-8H3,(H,35,37). The van der Waals surface area contributed by atoms with Gasteiger partial charge in [-0.05, 0) is 34.7 Å². The minimum absolute atomic E-state index is 0.0195. The van der Waals surface area contributed by atoms with Gasteiger partial charge in [-0.2, -0.15) is 0 Å². The molecule has 2 aromatic rings. The second-order valence-corrected chi connectivity index (χ2v) is 17.6. The third-order valence-corrected chi connectivity index (χ3v) is 15.1. The van der Waals surface area contributed by atoms with Gasteiger partial charge < -0.3 is 19.2 Å². The maximum Gasteiger partial charge on any atom is 0.330 e. The summed E-state index contributed by atoms with van der Waals surface area (Å²) in [5, 5.41) is 15.3. The van der Waals surface area contributed by atoms with Gasteiger partial charge in [-0.15, -0.1) is 0 Å². The van der Waals surface area contributed by atoms with E-state index < -0.39 is 47.6 Å². The van der Waals surface area contributed by atoms with Crippen LogP contribution in [0.1, 0.15) is 59.1 Å². The first-order valence-corrected chi connectivity index (χ1v) is 17.3. The van der Waals surface area contributed by atoms with Crippen LogP contribution in [0.4, 0.5) is 11.4 Å². The molecule has 3 rings (SSSR count). The highest BCUT2D eigenvalue weighted by Gasteiger charge is 2.73. The summed E-state index contributed by atoms with van der Waals surface area (Å²) < 4.78 is 18.1. The minimum Gasteiger partial charge on any atom is -0.460 e. The Hall–Kier alpha value is -4.09. The zero-order valence-corrected chi connectivity index (χ0v) is 28.0. The van der Waals surface area contributed by atoms with E-state index in [-0.39, 0.29) is 48.4 Å². The number of nitro benzene ring substituents is 1. The summed E-state index contributed by atoms with van der Waals surface area (Å²) in [6, 6.07) is 12.0. The minimum atomic E-state index is -2.67. The molecule has 1 atom stereocenters. The molecule has 0 fully saturated rings. The van der Waals surface area contributed by atoms with Gasteiger partial charge in [-0.25, -0.2) is 0 Å². The van der Waals surface area contributed by atoms with Gasteiger partial charge in [0.1, 0.15) is 18.6 Å². The van der Waals surface area contributed by atoms with Crippen LogP contribution in [0.15, 0.2) is 73.8 Å². The molecular formula is C34H44N2O8Si. The van der Waals surface area contributed by atoms with Crippen molar-refractivity contribution >= 4 is 37.5 Å². The number of rotatable bonds is 16. The number of hydrogen-bond acceptors (Lipinski definition) is 8. The number of fused-ring (bicyclic) bond motifs is 1. The van der Waals surface area contributed by atoms with E-state index in [9.17, 15) is 24.5 Å². The quantitative estimate of drug-likeness (QED) is 0.0533. The number of benzene rings is 2.